The number of rotatable bonds is 5. The van der Waals surface area contributed by atoms with Gasteiger partial charge in [-0.3, -0.25) is 0 Å². The van der Waals surface area contributed by atoms with Gasteiger partial charge in [-0.2, -0.15) is 0 Å². The van der Waals surface area contributed by atoms with Crippen LogP contribution in [0.4, 0.5) is 0 Å². The minimum atomic E-state index is 0.355. The molecule has 2 nitrogen and oxygen atoms in total. The van der Waals surface area contributed by atoms with Crippen LogP contribution in [-0.2, 0) is 4.74 Å². The first kappa shape index (κ1) is 15.4. The van der Waals surface area contributed by atoms with E-state index in [1.165, 1.54) is 6.42 Å². The van der Waals surface area contributed by atoms with Crippen molar-refractivity contribution in [2.45, 2.75) is 66.1 Å². The summed E-state index contributed by atoms with van der Waals surface area (Å²) in [4.78, 5) is 0. The van der Waals surface area contributed by atoms with Crippen LogP contribution >= 0.6 is 0 Å². The van der Waals surface area contributed by atoms with Gasteiger partial charge in [0.05, 0.1) is 12.2 Å². The highest BCUT2D eigenvalue weighted by Crippen LogP contribution is 1.93. The highest BCUT2D eigenvalue weighted by molar-refractivity contribution is 4.40. The standard InChI is InChI=1S/C6H14O.C5H12O/c1-5(2)7-6(3)4;1-2-3-4-5-6/h5-6H,1-4H3;6H,2-5H2,1H3. The number of aliphatic hydroxyl groups is 1. The molecule has 1 N–H and O–H groups in total. The maximum absolute atomic E-state index is 8.20. The summed E-state index contributed by atoms with van der Waals surface area (Å²) in [5.41, 5.74) is 0. The number of ether oxygens (including phenoxy) is 1. The summed E-state index contributed by atoms with van der Waals surface area (Å²) in [5.74, 6) is 0. The van der Waals surface area contributed by atoms with Gasteiger partial charge in [0.25, 0.3) is 0 Å². The second-order valence-corrected chi connectivity index (χ2v) is 3.66. The first-order valence-electron chi connectivity index (χ1n) is 5.30. The van der Waals surface area contributed by atoms with Crippen molar-refractivity contribution >= 4 is 0 Å². The third-order valence-corrected chi connectivity index (χ3v) is 1.31. The van der Waals surface area contributed by atoms with Gasteiger partial charge in [-0.05, 0) is 34.1 Å². The van der Waals surface area contributed by atoms with Crippen LogP contribution in [0, 0.1) is 0 Å². The van der Waals surface area contributed by atoms with Crippen LogP contribution in [0.15, 0.2) is 0 Å². The molecule has 0 rings (SSSR count). The fraction of sp³-hybridized carbons (Fsp3) is 1.00. The SMILES string of the molecule is CC(C)OC(C)C.CCCCCO. The van der Waals surface area contributed by atoms with E-state index >= 15 is 0 Å². The van der Waals surface area contributed by atoms with Crippen molar-refractivity contribution in [2.24, 2.45) is 0 Å². The van der Waals surface area contributed by atoms with E-state index in [-0.39, 0.29) is 0 Å². The van der Waals surface area contributed by atoms with Crippen molar-refractivity contribution in [3.63, 3.8) is 0 Å². The summed E-state index contributed by atoms with van der Waals surface area (Å²) in [5, 5.41) is 8.20. The fourth-order valence-electron chi connectivity index (χ4n) is 0.906. The molecule has 0 saturated carbocycles. The molecule has 0 spiro atoms. The molecule has 2 heteroatoms. The number of unbranched alkanes of at least 4 members (excludes halogenated alkanes) is 2. The van der Waals surface area contributed by atoms with Gasteiger partial charge in [0.2, 0.25) is 0 Å². The molecule has 0 unspecified atom stereocenters. The van der Waals surface area contributed by atoms with Gasteiger partial charge in [-0.15, -0.1) is 0 Å². The van der Waals surface area contributed by atoms with Gasteiger partial charge in [-0.1, -0.05) is 19.8 Å². The molecule has 0 aliphatic rings. The van der Waals surface area contributed by atoms with Crippen molar-refractivity contribution in [3.8, 4) is 0 Å². The lowest BCUT2D eigenvalue weighted by atomic mass is 10.3. The van der Waals surface area contributed by atoms with Crippen LogP contribution in [0.1, 0.15) is 53.9 Å². The molecule has 13 heavy (non-hydrogen) atoms. The monoisotopic (exact) mass is 190 g/mol. The van der Waals surface area contributed by atoms with Gasteiger partial charge >= 0.3 is 0 Å². The van der Waals surface area contributed by atoms with E-state index in [0.717, 1.165) is 12.8 Å². The third kappa shape index (κ3) is 24.5. The molecule has 0 saturated heterocycles. The lowest BCUT2D eigenvalue weighted by Crippen LogP contribution is -2.09. The van der Waals surface area contributed by atoms with Crippen molar-refractivity contribution < 1.29 is 9.84 Å². The van der Waals surface area contributed by atoms with E-state index < -0.39 is 0 Å². The molecule has 0 aliphatic heterocycles. The number of hydrogen-bond acceptors (Lipinski definition) is 2. The molecule has 0 aliphatic carbocycles. The fourth-order valence-corrected chi connectivity index (χ4v) is 0.906. The quantitative estimate of drug-likeness (QED) is 0.675. The van der Waals surface area contributed by atoms with Crippen LogP contribution in [0.2, 0.25) is 0 Å². The predicted octanol–water partition coefficient (Wildman–Crippen LogP) is 2.99. The molecule has 0 fully saturated rings. The molecule has 0 aromatic carbocycles. The molecule has 0 radical (unpaired) electrons. The zero-order valence-electron chi connectivity index (χ0n) is 9.84. The minimum Gasteiger partial charge on any atom is -0.396 e. The largest absolute Gasteiger partial charge is 0.396 e. The summed E-state index contributed by atoms with van der Waals surface area (Å²) in [7, 11) is 0. The second kappa shape index (κ2) is 11.9. The lowest BCUT2D eigenvalue weighted by molar-refractivity contribution is 0.0300. The normalized spacial score (nSPS) is 10.2. The van der Waals surface area contributed by atoms with Crippen molar-refractivity contribution in [2.75, 3.05) is 6.61 Å². The molecule has 0 atom stereocenters. The summed E-state index contributed by atoms with van der Waals surface area (Å²) < 4.78 is 5.25. The highest BCUT2D eigenvalue weighted by atomic mass is 16.5. The smallest absolute Gasteiger partial charge is 0.0522 e. The molecule has 0 aromatic rings. The maximum Gasteiger partial charge on any atom is 0.0522 e. The Morgan fingerprint density at radius 2 is 1.46 bits per heavy atom. The first-order valence-corrected chi connectivity index (χ1v) is 5.30. The molecular weight excluding hydrogens is 164 g/mol. The molecule has 82 valence electrons. The van der Waals surface area contributed by atoms with Crippen LogP contribution < -0.4 is 0 Å². The van der Waals surface area contributed by atoms with Gasteiger partial charge in [0.15, 0.2) is 0 Å². The van der Waals surface area contributed by atoms with Crippen molar-refractivity contribution in [1.82, 2.24) is 0 Å². The Morgan fingerprint density at radius 1 is 1.00 bits per heavy atom. The van der Waals surface area contributed by atoms with Gasteiger partial charge in [0, 0.05) is 6.61 Å². The Labute approximate surface area is 83.3 Å². The van der Waals surface area contributed by atoms with E-state index in [9.17, 15) is 0 Å². The van der Waals surface area contributed by atoms with Gasteiger partial charge in [-0.25, -0.2) is 0 Å². The zero-order valence-corrected chi connectivity index (χ0v) is 9.84. The Bertz CT molecular complexity index is 70.2. The minimum absolute atomic E-state index is 0.355. The maximum atomic E-state index is 8.20. The van der Waals surface area contributed by atoms with Gasteiger partial charge in [0.1, 0.15) is 0 Å². The second-order valence-electron chi connectivity index (χ2n) is 3.66. The van der Waals surface area contributed by atoms with E-state index in [2.05, 4.69) is 6.92 Å². The molecule has 0 heterocycles. The van der Waals surface area contributed by atoms with E-state index in [1.54, 1.807) is 0 Å². The third-order valence-electron chi connectivity index (χ3n) is 1.31. The average Bonchev–Trinajstić information content (AvgIpc) is 1.99. The Morgan fingerprint density at radius 3 is 1.54 bits per heavy atom. The van der Waals surface area contributed by atoms with Crippen LogP contribution in [0.25, 0.3) is 0 Å². The predicted molar refractivity (Wildman–Crippen MR) is 58.0 cm³/mol. The lowest BCUT2D eigenvalue weighted by Gasteiger charge is -2.09. The molecule has 0 aromatic heterocycles. The molecule has 0 bridgehead atoms. The summed E-state index contributed by atoms with van der Waals surface area (Å²) in [6.45, 7) is 10.6. The van der Waals surface area contributed by atoms with Crippen molar-refractivity contribution in [1.29, 1.82) is 0 Å². The van der Waals surface area contributed by atoms with Crippen molar-refractivity contribution in [3.05, 3.63) is 0 Å². The summed E-state index contributed by atoms with van der Waals surface area (Å²) in [6, 6.07) is 0. The Hall–Kier alpha value is -0.0800. The van der Waals surface area contributed by atoms with E-state index in [4.69, 9.17) is 9.84 Å². The highest BCUT2D eigenvalue weighted by Gasteiger charge is 1.94. The molecular formula is C11H26O2. The summed E-state index contributed by atoms with van der Waals surface area (Å²) >= 11 is 0. The van der Waals surface area contributed by atoms with E-state index in [0.29, 0.717) is 18.8 Å². The molecule has 0 amide bonds. The van der Waals surface area contributed by atoms with E-state index in [1.807, 2.05) is 27.7 Å². The Kier molecular flexibility index (Phi) is 14.1. The first-order chi connectivity index (χ1) is 6.04. The van der Waals surface area contributed by atoms with Gasteiger partial charge < -0.3 is 9.84 Å². The summed E-state index contributed by atoms with van der Waals surface area (Å²) in [6.07, 6.45) is 4.08. The van der Waals surface area contributed by atoms with Crippen LogP contribution in [0.3, 0.4) is 0 Å². The number of hydrogen-bond donors (Lipinski definition) is 1. The van der Waals surface area contributed by atoms with Crippen LogP contribution in [-0.4, -0.2) is 23.9 Å². The van der Waals surface area contributed by atoms with Crippen LogP contribution in [0.5, 0.6) is 0 Å². The zero-order chi connectivity index (χ0) is 10.7. The number of aliphatic hydroxyl groups excluding tert-OH is 1. The topological polar surface area (TPSA) is 29.5 Å². The average molecular weight is 190 g/mol. The Balaban J connectivity index is 0.